The molecule has 0 saturated carbocycles. The molecular weight excluding hydrogens is 432 g/mol. The maximum Gasteiger partial charge on any atom is 0.325 e. The van der Waals surface area contributed by atoms with Crippen LogP contribution in [0.1, 0.15) is 6.92 Å². The van der Waals surface area contributed by atoms with Crippen LogP contribution in [0, 0.1) is 0 Å². The first-order valence-corrected chi connectivity index (χ1v) is 11.2. The van der Waals surface area contributed by atoms with Gasteiger partial charge in [-0.15, -0.1) is 15.7 Å². The lowest BCUT2D eigenvalue weighted by Crippen LogP contribution is -2.22. The van der Waals surface area contributed by atoms with Crippen molar-refractivity contribution >= 4 is 60.5 Å². The summed E-state index contributed by atoms with van der Waals surface area (Å²) in [5.74, 6) is 0.137. The van der Waals surface area contributed by atoms with Gasteiger partial charge >= 0.3 is 5.97 Å². The van der Waals surface area contributed by atoms with Gasteiger partial charge in [0.25, 0.3) is 10.0 Å². The quantitative estimate of drug-likeness (QED) is 0.542. The van der Waals surface area contributed by atoms with Crippen LogP contribution in [0.15, 0.2) is 38.9 Å². The molecule has 0 aliphatic rings. The van der Waals surface area contributed by atoms with Crippen LogP contribution >= 0.6 is 34.3 Å². The molecule has 0 radical (unpaired) electrons. The lowest BCUT2D eigenvalue weighted by Gasteiger charge is -2.05. The highest BCUT2D eigenvalue weighted by atomic mass is 35.5. The SMILES string of the molecule is CCOc1ccc2c(c1)s/c(=N\S(=O)(=O)c1ccc(Cl)s1)n2CC(=O)OC. The third-order valence-corrected chi connectivity index (χ3v) is 7.60. The number of nitrogens with zero attached hydrogens (tertiary/aromatic N) is 2. The number of thiophene rings is 1. The molecule has 0 amide bonds. The van der Waals surface area contributed by atoms with Crippen LogP contribution < -0.4 is 9.54 Å². The lowest BCUT2D eigenvalue weighted by molar-refractivity contribution is -0.141. The fourth-order valence-corrected chi connectivity index (χ4v) is 6.03. The predicted octanol–water partition coefficient (Wildman–Crippen LogP) is 3.28. The zero-order valence-corrected chi connectivity index (χ0v) is 17.5. The minimum Gasteiger partial charge on any atom is -0.494 e. The zero-order valence-electron chi connectivity index (χ0n) is 14.3. The summed E-state index contributed by atoms with van der Waals surface area (Å²) in [6.07, 6.45) is 0. The highest BCUT2D eigenvalue weighted by Gasteiger charge is 2.18. The van der Waals surface area contributed by atoms with E-state index in [4.69, 9.17) is 21.1 Å². The number of esters is 1. The number of thiazole rings is 1. The van der Waals surface area contributed by atoms with Crippen LogP contribution in [-0.4, -0.2) is 32.7 Å². The topological polar surface area (TPSA) is 87.0 Å². The minimum absolute atomic E-state index is 0.0320. The number of carbonyl (C=O) groups excluding carboxylic acids is 1. The van der Waals surface area contributed by atoms with Crippen LogP contribution in [0.4, 0.5) is 0 Å². The Morgan fingerprint density at radius 1 is 1.26 bits per heavy atom. The summed E-state index contributed by atoms with van der Waals surface area (Å²) >= 11 is 7.90. The van der Waals surface area contributed by atoms with Crippen molar-refractivity contribution in [2.45, 2.75) is 17.7 Å². The lowest BCUT2D eigenvalue weighted by atomic mass is 10.3. The Morgan fingerprint density at radius 2 is 2.04 bits per heavy atom. The normalized spacial score (nSPS) is 12.5. The van der Waals surface area contributed by atoms with Gasteiger partial charge in [0, 0.05) is 0 Å². The average Bonchev–Trinajstić information content (AvgIpc) is 3.19. The monoisotopic (exact) mass is 446 g/mol. The molecule has 0 spiro atoms. The van der Waals surface area contributed by atoms with Crippen LogP contribution in [0.2, 0.25) is 4.34 Å². The van der Waals surface area contributed by atoms with Crippen LogP contribution in [-0.2, 0) is 26.1 Å². The van der Waals surface area contributed by atoms with E-state index in [9.17, 15) is 13.2 Å². The molecule has 3 rings (SSSR count). The zero-order chi connectivity index (χ0) is 19.6. The van der Waals surface area contributed by atoms with Gasteiger partial charge in [0.05, 0.1) is 28.3 Å². The van der Waals surface area contributed by atoms with Gasteiger partial charge in [0.15, 0.2) is 0 Å². The molecule has 0 N–H and O–H groups in total. The van der Waals surface area contributed by atoms with Crippen LogP contribution in [0.25, 0.3) is 10.2 Å². The van der Waals surface area contributed by atoms with Crippen molar-refractivity contribution in [2.24, 2.45) is 4.40 Å². The number of carbonyl (C=O) groups is 1. The van der Waals surface area contributed by atoms with E-state index in [0.29, 0.717) is 22.2 Å². The number of hydrogen-bond acceptors (Lipinski definition) is 7. The first-order valence-electron chi connectivity index (χ1n) is 7.73. The first-order chi connectivity index (χ1) is 12.8. The molecule has 27 heavy (non-hydrogen) atoms. The highest BCUT2D eigenvalue weighted by Crippen LogP contribution is 2.28. The Balaban J connectivity index is 2.20. The number of benzene rings is 1. The van der Waals surface area contributed by atoms with E-state index < -0.39 is 16.0 Å². The number of sulfonamides is 1. The van der Waals surface area contributed by atoms with Crippen molar-refractivity contribution in [1.82, 2.24) is 4.57 Å². The molecule has 0 saturated heterocycles. The number of ether oxygens (including phenoxy) is 2. The van der Waals surface area contributed by atoms with Gasteiger partial charge in [0.1, 0.15) is 16.5 Å². The summed E-state index contributed by atoms with van der Waals surface area (Å²) in [5, 5.41) is 0. The van der Waals surface area contributed by atoms with E-state index in [-0.39, 0.29) is 15.6 Å². The Labute approximate surface area is 168 Å². The molecule has 0 unspecified atom stereocenters. The molecule has 2 heterocycles. The standard InChI is InChI=1S/C16H15ClN2O5S3/c1-3-24-10-4-5-11-12(8-10)25-16(19(11)9-14(20)23-2)18-27(21,22)15-7-6-13(17)26-15/h4-8H,3,9H2,1-2H3/b18-16-. The van der Waals surface area contributed by atoms with Gasteiger partial charge in [-0.1, -0.05) is 22.9 Å². The minimum atomic E-state index is -3.96. The molecule has 2 aromatic heterocycles. The fourth-order valence-electron chi connectivity index (χ4n) is 2.31. The summed E-state index contributed by atoms with van der Waals surface area (Å²) in [6, 6.07) is 8.19. The number of fused-ring (bicyclic) bond motifs is 1. The van der Waals surface area contributed by atoms with Crippen molar-refractivity contribution in [3.05, 3.63) is 39.5 Å². The van der Waals surface area contributed by atoms with Crippen molar-refractivity contribution in [3.63, 3.8) is 0 Å². The van der Waals surface area contributed by atoms with E-state index >= 15 is 0 Å². The summed E-state index contributed by atoms with van der Waals surface area (Å²) in [4.78, 5) is 12.0. The number of aromatic nitrogens is 1. The number of methoxy groups -OCH3 is 1. The second-order valence-electron chi connectivity index (χ2n) is 5.23. The molecule has 1 aromatic carbocycles. The maximum absolute atomic E-state index is 12.6. The van der Waals surface area contributed by atoms with Gasteiger partial charge in [-0.2, -0.15) is 8.42 Å². The van der Waals surface area contributed by atoms with E-state index in [1.54, 1.807) is 18.2 Å². The highest BCUT2D eigenvalue weighted by molar-refractivity contribution is 7.92. The Hall–Kier alpha value is -1.88. The summed E-state index contributed by atoms with van der Waals surface area (Å²) in [6.45, 7) is 2.21. The molecule has 0 aliphatic heterocycles. The summed E-state index contributed by atoms with van der Waals surface area (Å²) in [7, 11) is -2.69. The van der Waals surface area contributed by atoms with Crippen molar-refractivity contribution < 1.29 is 22.7 Å². The molecule has 0 bridgehead atoms. The number of hydrogen-bond donors (Lipinski definition) is 0. The molecule has 7 nitrogen and oxygen atoms in total. The van der Waals surface area contributed by atoms with E-state index in [2.05, 4.69) is 4.40 Å². The van der Waals surface area contributed by atoms with Gasteiger partial charge in [-0.3, -0.25) is 4.79 Å². The molecule has 0 aliphatic carbocycles. The maximum atomic E-state index is 12.6. The van der Waals surface area contributed by atoms with E-state index in [0.717, 1.165) is 27.4 Å². The Morgan fingerprint density at radius 3 is 2.67 bits per heavy atom. The second-order valence-corrected chi connectivity index (χ2v) is 9.79. The first kappa shape index (κ1) is 19.9. The van der Waals surface area contributed by atoms with E-state index in [1.165, 1.54) is 23.8 Å². The Bertz CT molecular complexity index is 1160. The second kappa shape index (κ2) is 8.01. The van der Waals surface area contributed by atoms with Gasteiger partial charge in [-0.05, 0) is 37.3 Å². The molecule has 11 heteroatoms. The van der Waals surface area contributed by atoms with Crippen molar-refractivity contribution in [3.8, 4) is 5.75 Å². The molecule has 0 fully saturated rings. The van der Waals surface area contributed by atoms with Gasteiger partial charge in [-0.25, -0.2) is 0 Å². The van der Waals surface area contributed by atoms with Crippen molar-refractivity contribution in [1.29, 1.82) is 0 Å². The van der Waals surface area contributed by atoms with E-state index in [1.807, 2.05) is 6.92 Å². The van der Waals surface area contributed by atoms with Gasteiger partial charge in [0.2, 0.25) is 4.80 Å². The third-order valence-electron chi connectivity index (χ3n) is 3.48. The summed E-state index contributed by atoms with van der Waals surface area (Å²) < 4.78 is 42.0. The number of rotatable bonds is 6. The van der Waals surface area contributed by atoms with Crippen molar-refractivity contribution in [2.75, 3.05) is 13.7 Å². The van der Waals surface area contributed by atoms with Crippen LogP contribution in [0.3, 0.4) is 0 Å². The van der Waals surface area contributed by atoms with Crippen LogP contribution in [0.5, 0.6) is 5.75 Å². The summed E-state index contributed by atoms with van der Waals surface area (Å²) in [5.41, 5.74) is 0.659. The Kier molecular flexibility index (Phi) is 5.89. The molecule has 3 aromatic rings. The fraction of sp³-hybridized carbons (Fsp3) is 0.250. The van der Waals surface area contributed by atoms with Gasteiger partial charge < -0.3 is 14.0 Å². The smallest absolute Gasteiger partial charge is 0.325 e. The largest absolute Gasteiger partial charge is 0.494 e. The molecular formula is C16H15ClN2O5S3. The average molecular weight is 447 g/mol. The molecule has 0 atom stereocenters. The number of halogens is 1. The third kappa shape index (κ3) is 4.34. The predicted molar refractivity (Wildman–Crippen MR) is 105 cm³/mol. The molecule has 144 valence electrons.